The number of amides is 1. The standard InChI is InChI=1S/C28H28N4O/c33-27-16-15-26(30-27)20-32(18-21-7-3-1-4-8-21)19-25-17-29-31-28(25)24-13-11-23(12-14-24)22-9-5-2-6-10-22/h1-14,17,26H,15-16,18-20H2,(H,29,31)(H,30,33)/t26-/m0/s1. The average Bonchev–Trinajstić information content (AvgIpc) is 3.49. The molecule has 1 aromatic heterocycles. The van der Waals surface area contributed by atoms with Gasteiger partial charge >= 0.3 is 0 Å². The summed E-state index contributed by atoms with van der Waals surface area (Å²) in [5, 5.41) is 10.7. The van der Waals surface area contributed by atoms with Crippen LogP contribution in [0.5, 0.6) is 0 Å². The van der Waals surface area contributed by atoms with E-state index in [0.717, 1.165) is 42.9 Å². The van der Waals surface area contributed by atoms with Gasteiger partial charge in [0.25, 0.3) is 0 Å². The van der Waals surface area contributed by atoms with Gasteiger partial charge in [-0.1, -0.05) is 84.9 Å². The number of benzene rings is 3. The van der Waals surface area contributed by atoms with Gasteiger partial charge in [0.05, 0.1) is 11.9 Å². The molecular formula is C28H28N4O. The second-order valence-corrected chi connectivity index (χ2v) is 8.67. The molecule has 4 aromatic rings. The predicted octanol–water partition coefficient (Wildman–Crippen LogP) is 5.02. The molecule has 5 rings (SSSR count). The van der Waals surface area contributed by atoms with Crippen LogP contribution in [0.2, 0.25) is 0 Å². The Kier molecular flexibility index (Phi) is 6.31. The van der Waals surface area contributed by atoms with Gasteiger partial charge in [0.15, 0.2) is 0 Å². The lowest BCUT2D eigenvalue weighted by Crippen LogP contribution is -2.38. The first-order valence-corrected chi connectivity index (χ1v) is 11.5. The Balaban J connectivity index is 1.35. The molecule has 0 aliphatic carbocycles. The van der Waals surface area contributed by atoms with E-state index in [2.05, 4.69) is 93.2 Å². The molecule has 0 spiro atoms. The molecule has 3 aromatic carbocycles. The summed E-state index contributed by atoms with van der Waals surface area (Å²) in [4.78, 5) is 14.1. The smallest absolute Gasteiger partial charge is 0.220 e. The lowest BCUT2D eigenvalue weighted by atomic mass is 10.0. The van der Waals surface area contributed by atoms with Crippen molar-refractivity contribution in [2.75, 3.05) is 6.54 Å². The molecular weight excluding hydrogens is 408 g/mol. The Bertz CT molecular complexity index is 1190. The molecule has 5 heteroatoms. The summed E-state index contributed by atoms with van der Waals surface area (Å²) < 4.78 is 0. The Morgan fingerprint density at radius 1 is 0.818 bits per heavy atom. The van der Waals surface area contributed by atoms with Gasteiger partial charge in [-0.2, -0.15) is 5.10 Å². The minimum atomic E-state index is 0.155. The van der Waals surface area contributed by atoms with Crippen molar-refractivity contribution in [1.29, 1.82) is 0 Å². The maximum Gasteiger partial charge on any atom is 0.220 e. The van der Waals surface area contributed by atoms with Crippen LogP contribution in [-0.2, 0) is 17.9 Å². The number of nitrogens with zero attached hydrogens (tertiary/aromatic N) is 2. The Morgan fingerprint density at radius 3 is 2.18 bits per heavy atom. The fourth-order valence-electron chi connectivity index (χ4n) is 4.53. The summed E-state index contributed by atoms with van der Waals surface area (Å²) in [6.45, 7) is 2.40. The highest BCUT2D eigenvalue weighted by atomic mass is 16.1. The molecule has 1 saturated heterocycles. The molecule has 0 bridgehead atoms. The molecule has 2 N–H and O–H groups in total. The van der Waals surface area contributed by atoms with E-state index < -0.39 is 0 Å². The predicted molar refractivity (Wildman–Crippen MR) is 131 cm³/mol. The lowest BCUT2D eigenvalue weighted by Gasteiger charge is -2.25. The van der Waals surface area contributed by atoms with E-state index in [1.165, 1.54) is 16.7 Å². The molecule has 5 nitrogen and oxygen atoms in total. The molecule has 1 fully saturated rings. The van der Waals surface area contributed by atoms with Crippen LogP contribution >= 0.6 is 0 Å². The van der Waals surface area contributed by atoms with Crippen molar-refractivity contribution in [3.05, 3.63) is 102 Å². The van der Waals surface area contributed by atoms with Crippen LogP contribution < -0.4 is 5.32 Å². The van der Waals surface area contributed by atoms with E-state index in [1.807, 2.05) is 18.3 Å². The Labute approximate surface area is 194 Å². The number of nitrogens with one attached hydrogen (secondary N) is 2. The largest absolute Gasteiger partial charge is 0.352 e. The number of carbonyl (C=O) groups is 1. The molecule has 1 atom stereocenters. The maximum atomic E-state index is 11.7. The Hall–Kier alpha value is -3.70. The fraction of sp³-hybridized carbons (Fsp3) is 0.214. The van der Waals surface area contributed by atoms with E-state index in [-0.39, 0.29) is 11.9 Å². The monoisotopic (exact) mass is 436 g/mol. The van der Waals surface area contributed by atoms with Crippen molar-refractivity contribution >= 4 is 5.91 Å². The van der Waals surface area contributed by atoms with Gasteiger partial charge in [0.1, 0.15) is 0 Å². The summed E-state index contributed by atoms with van der Waals surface area (Å²) in [5.41, 5.74) is 6.99. The van der Waals surface area contributed by atoms with Crippen molar-refractivity contribution in [3.8, 4) is 22.4 Å². The normalized spacial score (nSPS) is 15.7. The van der Waals surface area contributed by atoms with Gasteiger partial charge in [-0.05, 0) is 28.7 Å². The molecule has 166 valence electrons. The molecule has 0 unspecified atom stereocenters. The first-order chi connectivity index (χ1) is 16.2. The van der Waals surface area contributed by atoms with Crippen molar-refractivity contribution in [2.24, 2.45) is 0 Å². The number of aromatic nitrogens is 2. The summed E-state index contributed by atoms with van der Waals surface area (Å²) in [6, 6.07) is 29.7. The molecule has 0 saturated carbocycles. The Morgan fingerprint density at radius 2 is 1.48 bits per heavy atom. The lowest BCUT2D eigenvalue weighted by molar-refractivity contribution is -0.119. The number of rotatable bonds is 8. The number of H-pyrrole nitrogens is 1. The highest BCUT2D eigenvalue weighted by Crippen LogP contribution is 2.27. The van der Waals surface area contributed by atoms with Crippen LogP contribution in [0.25, 0.3) is 22.4 Å². The first-order valence-electron chi connectivity index (χ1n) is 11.5. The summed E-state index contributed by atoms with van der Waals surface area (Å²) in [6.07, 6.45) is 3.43. The second kappa shape index (κ2) is 9.84. The molecule has 2 heterocycles. The quantitative estimate of drug-likeness (QED) is 0.408. The third-order valence-corrected chi connectivity index (χ3v) is 6.21. The number of aromatic amines is 1. The zero-order valence-electron chi connectivity index (χ0n) is 18.6. The summed E-state index contributed by atoms with van der Waals surface area (Å²) >= 11 is 0. The van der Waals surface area contributed by atoms with Crippen molar-refractivity contribution < 1.29 is 4.79 Å². The molecule has 0 radical (unpaired) electrons. The minimum absolute atomic E-state index is 0.155. The van der Waals surface area contributed by atoms with Crippen molar-refractivity contribution in [1.82, 2.24) is 20.4 Å². The maximum absolute atomic E-state index is 11.7. The SMILES string of the molecule is O=C1CC[C@@H](CN(Cc2ccccc2)Cc2cn[nH]c2-c2ccc(-c3ccccc3)cc2)N1. The molecule has 1 amide bonds. The average molecular weight is 437 g/mol. The topological polar surface area (TPSA) is 61.0 Å². The van der Waals surface area contributed by atoms with Crippen molar-refractivity contribution in [3.63, 3.8) is 0 Å². The zero-order valence-corrected chi connectivity index (χ0v) is 18.6. The van der Waals surface area contributed by atoms with Crippen molar-refractivity contribution in [2.45, 2.75) is 32.0 Å². The highest BCUT2D eigenvalue weighted by Gasteiger charge is 2.24. The summed E-state index contributed by atoms with van der Waals surface area (Å²) in [7, 11) is 0. The third-order valence-electron chi connectivity index (χ3n) is 6.21. The minimum Gasteiger partial charge on any atom is -0.352 e. The van der Waals surface area contributed by atoms with Crippen LogP contribution in [0.15, 0.2) is 91.1 Å². The van der Waals surface area contributed by atoms with E-state index in [0.29, 0.717) is 6.42 Å². The van der Waals surface area contributed by atoms with E-state index >= 15 is 0 Å². The number of hydrogen-bond donors (Lipinski definition) is 2. The van der Waals surface area contributed by atoms with Crippen LogP contribution in [0.1, 0.15) is 24.0 Å². The van der Waals surface area contributed by atoms with Crippen LogP contribution in [0, 0.1) is 0 Å². The van der Waals surface area contributed by atoms with Gasteiger partial charge < -0.3 is 5.32 Å². The zero-order chi connectivity index (χ0) is 22.5. The van der Waals surface area contributed by atoms with E-state index in [4.69, 9.17) is 0 Å². The van der Waals surface area contributed by atoms with Gasteiger partial charge in [-0.3, -0.25) is 14.8 Å². The van der Waals surface area contributed by atoms with Gasteiger partial charge in [0, 0.05) is 37.7 Å². The fourth-order valence-corrected chi connectivity index (χ4v) is 4.53. The first kappa shape index (κ1) is 21.2. The van der Waals surface area contributed by atoms with Crippen LogP contribution in [-0.4, -0.2) is 33.6 Å². The third kappa shape index (κ3) is 5.21. The van der Waals surface area contributed by atoms with Gasteiger partial charge in [-0.25, -0.2) is 0 Å². The molecule has 1 aliphatic rings. The molecule has 33 heavy (non-hydrogen) atoms. The van der Waals surface area contributed by atoms with E-state index in [1.54, 1.807) is 0 Å². The van der Waals surface area contributed by atoms with Gasteiger partial charge in [0.2, 0.25) is 5.91 Å². The van der Waals surface area contributed by atoms with E-state index in [9.17, 15) is 4.79 Å². The second-order valence-electron chi connectivity index (χ2n) is 8.67. The number of hydrogen-bond acceptors (Lipinski definition) is 3. The van der Waals surface area contributed by atoms with Crippen LogP contribution in [0.3, 0.4) is 0 Å². The highest BCUT2D eigenvalue weighted by molar-refractivity contribution is 5.78. The van der Waals surface area contributed by atoms with Crippen LogP contribution in [0.4, 0.5) is 0 Å². The summed E-state index contributed by atoms with van der Waals surface area (Å²) in [5.74, 6) is 0.155. The van der Waals surface area contributed by atoms with Gasteiger partial charge in [-0.15, -0.1) is 0 Å². The molecule has 1 aliphatic heterocycles. The number of carbonyl (C=O) groups excluding carboxylic acids is 1.